The molecule has 1 unspecified atom stereocenters. The van der Waals surface area contributed by atoms with Gasteiger partial charge in [0.15, 0.2) is 17.8 Å². The molecule has 6 amide bonds. The number of amides is 6. The molecule has 4 aliphatic heterocycles. The van der Waals surface area contributed by atoms with E-state index in [9.17, 15) is 33.6 Å². The number of hydrogen-bond donors (Lipinski definition) is 3. The van der Waals surface area contributed by atoms with Crippen molar-refractivity contribution < 1.29 is 42.7 Å². The molecule has 3 N–H and O–H groups in total. The Balaban J connectivity index is 0.801. The van der Waals surface area contributed by atoms with Gasteiger partial charge in [-0.25, -0.2) is 14.4 Å². The van der Waals surface area contributed by atoms with Crippen LogP contribution in [-0.2, 0) is 26.8 Å². The molecule has 11 rings (SSSR count). The predicted octanol–water partition coefficient (Wildman–Crippen LogP) is 7.22. The van der Waals surface area contributed by atoms with Crippen LogP contribution >= 0.6 is 0 Å². The van der Waals surface area contributed by atoms with E-state index in [4.69, 9.17) is 9.97 Å². The van der Waals surface area contributed by atoms with Crippen LogP contribution < -0.4 is 25.8 Å². The van der Waals surface area contributed by atoms with E-state index in [1.54, 1.807) is 48.3 Å². The Morgan fingerprint density at radius 3 is 2.22 bits per heavy atom. The first-order valence-electron chi connectivity index (χ1n) is 31.1. The number of anilines is 4. The molecule has 3 saturated heterocycles. The van der Waals surface area contributed by atoms with Gasteiger partial charge >= 0.3 is 0 Å². The number of likely N-dealkylation sites (tertiary alicyclic amines) is 2. The molecule has 468 valence electrons. The fourth-order valence-electron chi connectivity index (χ4n) is 13.6. The Bertz CT molecular complexity index is 3770. The first-order valence-corrected chi connectivity index (χ1v) is 31.1. The molecular weight excluding hydrogens is 1140 g/mol. The number of hydrogen-bond acceptors (Lipinski definition) is 14. The van der Waals surface area contributed by atoms with E-state index in [0.717, 1.165) is 42.7 Å². The second kappa shape index (κ2) is 25.3. The number of likely N-dealkylation sites (N-methyl/N-ethyl adjacent to an activating group) is 1. The smallest absolute Gasteiger partial charge is 0.274 e. The Labute approximate surface area is 517 Å². The van der Waals surface area contributed by atoms with Crippen molar-refractivity contribution in [2.24, 2.45) is 7.05 Å². The van der Waals surface area contributed by atoms with Gasteiger partial charge in [0, 0.05) is 125 Å². The van der Waals surface area contributed by atoms with Crippen LogP contribution in [0.5, 0.6) is 0 Å². The molecule has 23 heteroatoms. The summed E-state index contributed by atoms with van der Waals surface area (Å²) in [4.78, 5) is 128. The molecule has 7 heterocycles. The molecule has 6 aromatic rings. The SMILES string of the molecule is CNC(=O)CCC(C=O)N(C)C(=O)c1ccc(N2CCN(C(=O)c3cc(C(=O)N4CCC5(CC4)C(=O)N(C4CC(N6CCCCC6)C4)c4cc(-c6cc7ncn(C(C)C)c7c(Nc7cc(C(=O)NC(C)C)c(C)cc7F)n6)ccc45)nn3C)CC2)cc1C=O. The summed E-state index contributed by atoms with van der Waals surface area (Å²) in [6.07, 6.45) is 9.15. The average Bonchev–Trinajstić information content (AvgIpc) is 1.56. The summed E-state index contributed by atoms with van der Waals surface area (Å²) >= 11 is 0. The number of carbonyl (C=O) groups excluding carboxylic acids is 8. The molecule has 0 radical (unpaired) electrons. The fraction of sp³-hybridized carbons (Fsp3) is 0.470. The van der Waals surface area contributed by atoms with Crippen LogP contribution in [0.2, 0.25) is 0 Å². The van der Waals surface area contributed by atoms with E-state index in [2.05, 4.69) is 32.0 Å². The number of piperidine rings is 2. The van der Waals surface area contributed by atoms with Crippen LogP contribution in [0, 0.1) is 12.7 Å². The number of aryl methyl sites for hydroxylation is 2. The summed E-state index contributed by atoms with van der Waals surface area (Å²) in [5, 5.41) is 13.2. The van der Waals surface area contributed by atoms with Crippen molar-refractivity contribution in [2.45, 2.75) is 128 Å². The number of carbonyl (C=O) groups is 8. The zero-order chi connectivity index (χ0) is 63.2. The molecule has 1 spiro atoms. The molecule has 5 aliphatic rings. The highest BCUT2D eigenvalue weighted by molar-refractivity contribution is 6.10. The van der Waals surface area contributed by atoms with Crippen LogP contribution in [0.25, 0.3) is 22.3 Å². The third-order valence-electron chi connectivity index (χ3n) is 18.9. The lowest BCUT2D eigenvalue weighted by atomic mass is 9.73. The van der Waals surface area contributed by atoms with E-state index in [0.29, 0.717) is 97.0 Å². The fourth-order valence-corrected chi connectivity index (χ4v) is 13.6. The lowest BCUT2D eigenvalue weighted by molar-refractivity contribution is -0.126. The molecule has 3 aromatic carbocycles. The number of aldehydes is 2. The number of fused-ring (bicyclic) bond motifs is 3. The highest BCUT2D eigenvalue weighted by atomic mass is 19.1. The number of nitrogens with zero attached hydrogens (tertiary/aromatic N) is 11. The molecule has 89 heavy (non-hydrogen) atoms. The standard InChI is InChI=1S/C66H79FN14O8/c1-39(2)70-61(85)49-33-53(51(67)28-41(49)5)72-60-59-54(69-38-80(59)40(3)4)34-52(71-60)42-12-16-50-56(30-42)81(47-31-46(32-47)76-20-10-9-11-21-76)65(89)66(50)18-22-78(23-19-66)63(87)55-35-57(75(8)73-55)64(88)79-26-24-77(25-27-79)44-13-15-48(43(29-44)36-82)62(86)74(7)45(37-83)14-17-58(84)68-6/h12-13,15-16,28-30,33-40,45-47H,9-11,14,17-27,31-32H2,1-8H3,(H,68,84)(H,70,85)(H,71,72). The zero-order valence-electron chi connectivity index (χ0n) is 52.0. The van der Waals surface area contributed by atoms with Gasteiger partial charge in [-0.3, -0.25) is 38.2 Å². The number of halogens is 1. The molecule has 22 nitrogen and oxygen atoms in total. The van der Waals surface area contributed by atoms with Gasteiger partial charge in [-0.1, -0.05) is 18.6 Å². The number of benzene rings is 3. The average molecular weight is 1220 g/mol. The van der Waals surface area contributed by atoms with Crippen molar-refractivity contribution in [3.8, 4) is 11.3 Å². The van der Waals surface area contributed by atoms with E-state index >= 15 is 9.18 Å². The monoisotopic (exact) mass is 1210 g/mol. The van der Waals surface area contributed by atoms with Crippen molar-refractivity contribution >= 4 is 81.9 Å². The maximum atomic E-state index is 16.0. The quantitative estimate of drug-likeness (QED) is 0.0721. The highest BCUT2D eigenvalue weighted by Crippen LogP contribution is 2.52. The van der Waals surface area contributed by atoms with E-state index < -0.39 is 23.2 Å². The van der Waals surface area contributed by atoms with Gasteiger partial charge in [-0.2, -0.15) is 5.10 Å². The number of piperazine rings is 1. The van der Waals surface area contributed by atoms with Gasteiger partial charge in [-0.15, -0.1) is 0 Å². The van der Waals surface area contributed by atoms with Gasteiger partial charge in [0.25, 0.3) is 23.6 Å². The largest absolute Gasteiger partial charge is 0.368 e. The second-order valence-electron chi connectivity index (χ2n) is 25.1. The summed E-state index contributed by atoms with van der Waals surface area (Å²) in [5.74, 6) is -1.89. The van der Waals surface area contributed by atoms with E-state index in [1.807, 2.05) is 60.3 Å². The number of aromatic nitrogens is 5. The van der Waals surface area contributed by atoms with Crippen LogP contribution in [0.3, 0.4) is 0 Å². The zero-order valence-corrected chi connectivity index (χ0v) is 52.0. The lowest BCUT2D eigenvalue weighted by Gasteiger charge is -2.48. The highest BCUT2D eigenvalue weighted by Gasteiger charge is 2.56. The third kappa shape index (κ3) is 11.9. The first kappa shape index (κ1) is 61.8. The normalized spacial score (nSPS) is 18.7. The molecule has 3 aromatic heterocycles. The van der Waals surface area contributed by atoms with Gasteiger partial charge < -0.3 is 54.7 Å². The van der Waals surface area contributed by atoms with E-state index in [1.165, 1.54) is 61.1 Å². The maximum Gasteiger partial charge on any atom is 0.274 e. The van der Waals surface area contributed by atoms with Crippen molar-refractivity contribution in [1.29, 1.82) is 0 Å². The number of pyridine rings is 1. The van der Waals surface area contributed by atoms with Crippen LogP contribution in [-0.4, -0.2) is 183 Å². The van der Waals surface area contributed by atoms with Gasteiger partial charge in [0.1, 0.15) is 23.3 Å². The second-order valence-corrected chi connectivity index (χ2v) is 25.1. The van der Waals surface area contributed by atoms with Gasteiger partial charge in [0.05, 0.1) is 40.2 Å². The van der Waals surface area contributed by atoms with Gasteiger partial charge in [0.2, 0.25) is 11.8 Å². The molecule has 1 atom stereocenters. The summed E-state index contributed by atoms with van der Waals surface area (Å²) < 4.78 is 19.4. The van der Waals surface area contributed by atoms with Crippen molar-refractivity contribution in [2.75, 3.05) is 81.6 Å². The van der Waals surface area contributed by atoms with Crippen LogP contribution in [0.4, 0.5) is 27.3 Å². The molecule has 0 bridgehead atoms. The molecular formula is C66H79FN14O8. The summed E-state index contributed by atoms with van der Waals surface area (Å²) in [6.45, 7) is 13.7. The molecule has 1 aliphatic carbocycles. The molecule has 4 fully saturated rings. The van der Waals surface area contributed by atoms with Crippen LogP contribution in [0.15, 0.2) is 67.0 Å². The lowest BCUT2D eigenvalue weighted by Crippen LogP contribution is -2.58. The summed E-state index contributed by atoms with van der Waals surface area (Å²) in [6, 6.07) is 16.6. The maximum absolute atomic E-state index is 16.0. The van der Waals surface area contributed by atoms with Crippen molar-refractivity contribution in [1.82, 2.24) is 54.5 Å². The van der Waals surface area contributed by atoms with Crippen molar-refractivity contribution in [3.05, 3.63) is 112 Å². The Kier molecular flexibility index (Phi) is 17.6. The minimum absolute atomic E-state index is 0.0152. The Morgan fingerprint density at radius 1 is 0.831 bits per heavy atom. The molecule has 1 saturated carbocycles. The minimum atomic E-state index is -0.905. The third-order valence-corrected chi connectivity index (χ3v) is 18.9. The number of rotatable bonds is 18. The minimum Gasteiger partial charge on any atom is -0.368 e. The summed E-state index contributed by atoms with van der Waals surface area (Å²) in [7, 11) is 4.59. The summed E-state index contributed by atoms with van der Waals surface area (Å²) in [5.41, 5.74) is 5.66. The topological polar surface area (TPSA) is 241 Å². The van der Waals surface area contributed by atoms with Gasteiger partial charge in [-0.05, 0) is 146 Å². The number of imidazole rings is 1. The predicted molar refractivity (Wildman–Crippen MR) is 335 cm³/mol. The Morgan fingerprint density at radius 2 is 1.55 bits per heavy atom. The van der Waals surface area contributed by atoms with E-state index in [-0.39, 0.29) is 102 Å². The Hall–Kier alpha value is -8.86. The van der Waals surface area contributed by atoms with Crippen LogP contribution in [0.1, 0.15) is 155 Å². The van der Waals surface area contributed by atoms with Crippen molar-refractivity contribution in [3.63, 3.8) is 0 Å². The first-order chi connectivity index (χ1) is 42.7. The number of nitrogens with one attached hydrogen (secondary N) is 3.